The van der Waals surface area contributed by atoms with E-state index in [1.165, 1.54) is 16.7 Å². The molecule has 0 saturated heterocycles. The first-order chi connectivity index (χ1) is 13.4. The Morgan fingerprint density at radius 2 is 1.64 bits per heavy atom. The number of rotatable bonds is 7. The number of carbonyl (C=O) groups is 2. The summed E-state index contributed by atoms with van der Waals surface area (Å²) in [4.78, 5) is 28.0. The molecule has 2 aromatic carbocycles. The van der Waals surface area contributed by atoms with Crippen LogP contribution < -0.4 is 4.74 Å². The molecule has 0 radical (unpaired) electrons. The van der Waals surface area contributed by atoms with E-state index >= 15 is 0 Å². The molecular weight excluding hydrogens is 394 g/mol. The van der Waals surface area contributed by atoms with Crippen molar-refractivity contribution in [3.05, 3.63) is 69.6 Å². The van der Waals surface area contributed by atoms with Crippen LogP contribution >= 0.6 is 23.4 Å². The summed E-state index contributed by atoms with van der Waals surface area (Å²) >= 11 is 7.36. The number of imide groups is 1. The molecule has 4 nitrogen and oxygen atoms in total. The van der Waals surface area contributed by atoms with E-state index in [0.717, 1.165) is 11.1 Å². The zero-order valence-corrected chi connectivity index (χ0v) is 17.6. The average Bonchev–Trinajstić information content (AvgIpc) is 2.91. The highest BCUT2D eigenvalue weighted by atomic mass is 35.5. The molecule has 0 saturated carbocycles. The summed E-state index contributed by atoms with van der Waals surface area (Å²) in [6.45, 7) is 4.36. The van der Waals surface area contributed by atoms with Crippen molar-refractivity contribution in [3.8, 4) is 5.75 Å². The fourth-order valence-electron chi connectivity index (χ4n) is 3.01. The first-order valence-electron chi connectivity index (χ1n) is 9.06. The predicted molar refractivity (Wildman–Crippen MR) is 115 cm³/mol. The third-order valence-electron chi connectivity index (χ3n) is 4.40. The Labute approximate surface area is 174 Å². The minimum atomic E-state index is -0.243. The van der Waals surface area contributed by atoms with Crippen molar-refractivity contribution in [1.29, 1.82) is 0 Å². The van der Waals surface area contributed by atoms with Gasteiger partial charge in [0.25, 0.3) is 11.8 Å². The van der Waals surface area contributed by atoms with Crippen LogP contribution in [0.5, 0.6) is 5.75 Å². The second-order valence-corrected chi connectivity index (χ2v) is 8.76. The number of thioether (sulfide) groups is 1. The fraction of sp³-hybridized carbons (Fsp3) is 0.273. The van der Waals surface area contributed by atoms with Crippen molar-refractivity contribution >= 4 is 40.8 Å². The topological polar surface area (TPSA) is 46.6 Å². The molecule has 0 spiro atoms. The number of benzene rings is 2. The number of methoxy groups -OCH3 is 1. The summed E-state index contributed by atoms with van der Waals surface area (Å²) in [5.41, 5.74) is 2.24. The highest BCUT2D eigenvalue weighted by Crippen LogP contribution is 2.38. The molecular formula is C22H22ClNO3S. The van der Waals surface area contributed by atoms with E-state index in [9.17, 15) is 9.59 Å². The summed E-state index contributed by atoms with van der Waals surface area (Å²) < 4.78 is 5.20. The Morgan fingerprint density at radius 1 is 1.00 bits per heavy atom. The number of amides is 2. The first-order valence-corrected chi connectivity index (χ1v) is 10.3. The fourth-order valence-corrected chi connectivity index (χ4v) is 4.14. The molecule has 2 aromatic rings. The lowest BCUT2D eigenvalue weighted by atomic mass is 10.1. The van der Waals surface area contributed by atoms with E-state index in [1.807, 2.05) is 50.2 Å². The van der Waals surface area contributed by atoms with E-state index in [-0.39, 0.29) is 17.1 Å². The van der Waals surface area contributed by atoms with Crippen LogP contribution in [-0.2, 0) is 16.0 Å². The Bertz CT molecular complexity index is 904. The van der Waals surface area contributed by atoms with Gasteiger partial charge < -0.3 is 4.74 Å². The smallest absolute Gasteiger partial charge is 0.268 e. The lowest BCUT2D eigenvalue weighted by Crippen LogP contribution is -2.33. The van der Waals surface area contributed by atoms with Gasteiger partial charge in [0.05, 0.1) is 17.6 Å². The SMILES string of the molecule is COc1ccc(C2=C(SC(C)C)C(=O)N(CCc3ccc(Cl)cc3)C2=O)cc1. The van der Waals surface area contributed by atoms with Crippen LogP contribution in [0.3, 0.4) is 0 Å². The quantitative estimate of drug-likeness (QED) is 0.608. The summed E-state index contributed by atoms with van der Waals surface area (Å²) in [5, 5.41) is 0.854. The van der Waals surface area contributed by atoms with E-state index in [2.05, 4.69) is 0 Å². The average molecular weight is 416 g/mol. The van der Waals surface area contributed by atoms with Crippen LogP contribution in [0.1, 0.15) is 25.0 Å². The third-order valence-corrected chi connectivity index (χ3v) is 5.73. The maximum Gasteiger partial charge on any atom is 0.268 e. The molecule has 28 heavy (non-hydrogen) atoms. The van der Waals surface area contributed by atoms with E-state index < -0.39 is 0 Å². The van der Waals surface area contributed by atoms with Gasteiger partial charge in [-0.05, 0) is 41.8 Å². The minimum absolute atomic E-state index is 0.191. The molecule has 2 amide bonds. The van der Waals surface area contributed by atoms with Crippen LogP contribution in [0.4, 0.5) is 0 Å². The van der Waals surface area contributed by atoms with Crippen molar-refractivity contribution < 1.29 is 14.3 Å². The zero-order chi connectivity index (χ0) is 20.3. The molecule has 0 aliphatic carbocycles. The molecule has 0 unspecified atom stereocenters. The monoisotopic (exact) mass is 415 g/mol. The zero-order valence-electron chi connectivity index (χ0n) is 16.1. The largest absolute Gasteiger partial charge is 0.497 e. The highest BCUT2D eigenvalue weighted by Gasteiger charge is 2.39. The Morgan fingerprint density at radius 3 is 2.21 bits per heavy atom. The molecule has 1 aliphatic heterocycles. The predicted octanol–water partition coefficient (Wildman–Crippen LogP) is 4.81. The molecule has 0 bridgehead atoms. The van der Waals surface area contributed by atoms with Gasteiger partial charge in [-0.2, -0.15) is 0 Å². The third kappa shape index (κ3) is 4.42. The number of ether oxygens (including phenoxy) is 1. The second-order valence-electron chi connectivity index (χ2n) is 6.74. The van der Waals surface area contributed by atoms with Gasteiger partial charge in [-0.15, -0.1) is 11.8 Å². The van der Waals surface area contributed by atoms with Gasteiger partial charge in [-0.3, -0.25) is 14.5 Å². The molecule has 1 heterocycles. The molecule has 0 atom stereocenters. The van der Waals surface area contributed by atoms with Crippen molar-refractivity contribution in [3.63, 3.8) is 0 Å². The van der Waals surface area contributed by atoms with Gasteiger partial charge in [-0.1, -0.05) is 49.7 Å². The van der Waals surface area contributed by atoms with Crippen LogP contribution in [0, 0.1) is 0 Å². The van der Waals surface area contributed by atoms with Gasteiger partial charge in [0.2, 0.25) is 0 Å². The Balaban J connectivity index is 1.86. The maximum atomic E-state index is 13.1. The summed E-state index contributed by atoms with van der Waals surface area (Å²) in [7, 11) is 1.59. The molecule has 6 heteroatoms. The molecule has 146 valence electrons. The van der Waals surface area contributed by atoms with E-state index in [0.29, 0.717) is 34.2 Å². The van der Waals surface area contributed by atoms with E-state index in [1.54, 1.807) is 19.2 Å². The second kappa shape index (κ2) is 8.84. The van der Waals surface area contributed by atoms with Gasteiger partial charge >= 0.3 is 0 Å². The van der Waals surface area contributed by atoms with Crippen LogP contribution in [-0.4, -0.2) is 35.6 Å². The normalized spacial score (nSPS) is 14.4. The number of hydrogen-bond acceptors (Lipinski definition) is 4. The van der Waals surface area contributed by atoms with Crippen molar-refractivity contribution in [2.45, 2.75) is 25.5 Å². The van der Waals surface area contributed by atoms with Crippen LogP contribution in [0.2, 0.25) is 5.02 Å². The number of carbonyl (C=O) groups excluding carboxylic acids is 2. The van der Waals surface area contributed by atoms with Gasteiger partial charge in [0.1, 0.15) is 5.75 Å². The number of nitrogens with zero attached hydrogens (tertiary/aromatic N) is 1. The van der Waals surface area contributed by atoms with Gasteiger partial charge in [0, 0.05) is 16.8 Å². The molecule has 3 rings (SSSR count). The highest BCUT2D eigenvalue weighted by molar-refractivity contribution is 8.04. The number of halogens is 1. The maximum absolute atomic E-state index is 13.1. The standard InChI is InChI=1S/C22H22ClNO3S/c1-14(2)28-20-19(16-6-10-18(27-3)11-7-16)21(25)24(22(20)26)13-12-15-4-8-17(23)9-5-15/h4-11,14H,12-13H2,1-3H3. The van der Waals surface area contributed by atoms with Crippen molar-refractivity contribution in [2.24, 2.45) is 0 Å². The van der Waals surface area contributed by atoms with Gasteiger partial charge in [-0.25, -0.2) is 0 Å². The number of hydrogen-bond donors (Lipinski definition) is 0. The van der Waals surface area contributed by atoms with Crippen molar-refractivity contribution in [2.75, 3.05) is 13.7 Å². The van der Waals surface area contributed by atoms with Crippen molar-refractivity contribution in [1.82, 2.24) is 4.90 Å². The Hall–Kier alpha value is -2.24. The summed E-state index contributed by atoms with van der Waals surface area (Å²) in [6, 6.07) is 14.7. The molecule has 0 aromatic heterocycles. The first kappa shape index (κ1) is 20.5. The van der Waals surface area contributed by atoms with Crippen LogP contribution in [0.15, 0.2) is 53.4 Å². The lowest BCUT2D eigenvalue weighted by Gasteiger charge is -2.15. The molecule has 1 aliphatic rings. The Kier molecular flexibility index (Phi) is 6.47. The van der Waals surface area contributed by atoms with Gasteiger partial charge in [0.15, 0.2) is 0 Å². The lowest BCUT2D eigenvalue weighted by molar-refractivity contribution is -0.136. The minimum Gasteiger partial charge on any atom is -0.497 e. The summed E-state index contributed by atoms with van der Waals surface area (Å²) in [5.74, 6) is 0.245. The van der Waals surface area contributed by atoms with Crippen LogP contribution in [0.25, 0.3) is 5.57 Å². The molecule has 0 fully saturated rings. The van der Waals surface area contributed by atoms with E-state index in [4.69, 9.17) is 16.3 Å². The molecule has 0 N–H and O–H groups in total. The summed E-state index contributed by atoms with van der Waals surface area (Å²) in [6.07, 6.45) is 0.587.